The van der Waals surface area contributed by atoms with E-state index in [0.717, 1.165) is 57.8 Å². The van der Waals surface area contributed by atoms with Gasteiger partial charge in [0.25, 0.3) is 5.85 Å². The molecule has 0 aromatic heterocycles. The molecule has 2 atom stereocenters. The highest BCUT2D eigenvalue weighted by Gasteiger charge is 2.40. The van der Waals surface area contributed by atoms with Crippen molar-refractivity contribution in [3.8, 4) is 0 Å². The Bertz CT molecular complexity index is 501. The summed E-state index contributed by atoms with van der Waals surface area (Å²) in [6.07, 6.45) is 13.3. The molecule has 1 N–H and O–H groups in total. The molecule has 0 amide bonds. The van der Waals surface area contributed by atoms with Crippen molar-refractivity contribution in [1.29, 1.82) is 0 Å². The molecule has 0 spiro atoms. The standard InChI is InChI=1S/C26H46F4O2S/c1-2-3-4-5-14-17-20-26(30,24(27)25(28)29)32-22-23(31)19-16-13-11-9-7-6-8-10-12-15-18-21-33/h21,23,31H,2-20,22H2,1H3. The maximum Gasteiger partial charge on any atom is 0.307 e. The Morgan fingerprint density at radius 2 is 1.30 bits per heavy atom. The molecule has 0 radical (unpaired) electrons. The normalized spacial score (nSPS) is 14.1. The minimum absolute atomic E-state index is 0.254. The van der Waals surface area contributed by atoms with Crippen LogP contribution in [0.15, 0.2) is 11.9 Å². The van der Waals surface area contributed by atoms with E-state index in [1.54, 1.807) is 5.37 Å². The molecule has 0 aromatic carbocycles. The van der Waals surface area contributed by atoms with E-state index in [0.29, 0.717) is 12.8 Å². The lowest BCUT2D eigenvalue weighted by atomic mass is 10.0. The van der Waals surface area contributed by atoms with Crippen molar-refractivity contribution in [3.63, 3.8) is 0 Å². The van der Waals surface area contributed by atoms with Gasteiger partial charge in [0.05, 0.1) is 12.7 Å². The number of aliphatic hydroxyl groups excluding tert-OH is 1. The Morgan fingerprint density at radius 3 is 1.82 bits per heavy atom. The molecule has 0 rings (SSSR count). The number of aliphatic hydroxyl groups is 1. The Kier molecular flexibility index (Phi) is 21.6. The van der Waals surface area contributed by atoms with E-state index in [2.05, 4.69) is 6.92 Å². The van der Waals surface area contributed by atoms with Crippen molar-refractivity contribution in [2.24, 2.45) is 0 Å². The second-order valence-corrected chi connectivity index (χ2v) is 9.40. The highest BCUT2D eigenvalue weighted by atomic mass is 32.1. The van der Waals surface area contributed by atoms with Gasteiger partial charge in [0.2, 0.25) is 5.83 Å². The summed E-state index contributed by atoms with van der Waals surface area (Å²) in [5.41, 5.74) is 0. The quantitative estimate of drug-likeness (QED) is 0.0816. The molecular formula is C26H46F4O2S. The molecule has 196 valence electrons. The first-order valence-corrected chi connectivity index (χ1v) is 13.5. The van der Waals surface area contributed by atoms with Crippen LogP contribution in [-0.2, 0) is 4.74 Å². The molecule has 0 heterocycles. The van der Waals surface area contributed by atoms with Gasteiger partial charge >= 0.3 is 6.08 Å². The zero-order valence-electron chi connectivity index (χ0n) is 20.6. The lowest BCUT2D eigenvalue weighted by molar-refractivity contribution is -0.157. The smallest absolute Gasteiger partial charge is 0.307 e. The number of unbranched alkanes of at least 4 members (excludes halogenated alkanes) is 15. The third-order valence-corrected chi connectivity index (χ3v) is 6.20. The number of alkyl halides is 1. The van der Waals surface area contributed by atoms with Gasteiger partial charge in [-0.1, -0.05) is 109 Å². The van der Waals surface area contributed by atoms with Gasteiger partial charge in [-0.2, -0.15) is 13.2 Å². The van der Waals surface area contributed by atoms with Crippen molar-refractivity contribution >= 4 is 17.6 Å². The predicted molar refractivity (Wildman–Crippen MR) is 133 cm³/mol. The van der Waals surface area contributed by atoms with Crippen LogP contribution in [-0.4, -0.2) is 29.0 Å². The molecule has 2 unspecified atom stereocenters. The molecule has 0 bridgehead atoms. The third-order valence-electron chi connectivity index (χ3n) is 5.96. The van der Waals surface area contributed by atoms with Crippen LogP contribution < -0.4 is 0 Å². The van der Waals surface area contributed by atoms with Crippen molar-refractivity contribution in [3.05, 3.63) is 11.9 Å². The van der Waals surface area contributed by atoms with E-state index < -0.39 is 36.9 Å². The van der Waals surface area contributed by atoms with Gasteiger partial charge in [-0.15, -0.1) is 0 Å². The summed E-state index contributed by atoms with van der Waals surface area (Å²) in [5, 5.41) is 11.8. The topological polar surface area (TPSA) is 29.5 Å². The van der Waals surface area contributed by atoms with Gasteiger partial charge < -0.3 is 9.84 Å². The summed E-state index contributed by atoms with van der Waals surface area (Å²) in [5.74, 6) is -5.32. The van der Waals surface area contributed by atoms with Crippen molar-refractivity contribution < 1.29 is 27.4 Å². The molecule has 33 heavy (non-hydrogen) atoms. The second kappa shape index (κ2) is 22.0. The number of thiocarbonyl (C=S) groups is 1. The molecule has 0 saturated carbocycles. The fourth-order valence-electron chi connectivity index (χ4n) is 3.85. The maximum atomic E-state index is 14.8. The van der Waals surface area contributed by atoms with E-state index >= 15 is 0 Å². The molecular weight excluding hydrogens is 452 g/mol. The van der Waals surface area contributed by atoms with Gasteiger partial charge in [0, 0.05) is 6.42 Å². The average molecular weight is 499 g/mol. The van der Waals surface area contributed by atoms with Crippen molar-refractivity contribution in [2.45, 2.75) is 141 Å². The van der Waals surface area contributed by atoms with Gasteiger partial charge in [-0.05, 0) is 31.1 Å². The summed E-state index contributed by atoms with van der Waals surface area (Å²) in [4.78, 5) is 0. The molecule has 0 aliphatic heterocycles. The summed E-state index contributed by atoms with van der Waals surface area (Å²) in [7, 11) is 0. The van der Waals surface area contributed by atoms with Gasteiger partial charge in [0.15, 0.2) is 0 Å². The predicted octanol–water partition coefficient (Wildman–Crippen LogP) is 9.54. The number of halogens is 4. The van der Waals surface area contributed by atoms with Crippen LogP contribution in [0.4, 0.5) is 17.6 Å². The van der Waals surface area contributed by atoms with Crippen LogP contribution in [0.5, 0.6) is 0 Å². The first kappa shape index (κ1) is 32.5. The Hall–Kier alpha value is -0.530. The van der Waals surface area contributed by atoms with E-state index in [4.69, 9.17) is 17.0 Å². The van der Waals surface area contributed by atoms with E-state index in [9.17, 15) is 22.7 Å². The van der Waals surface area contributed by atoms with Crippen LogP contribution >= 0.6 is 12.2 Å². The van der Waals surface area contributed by atoms with E-state index in [1.807, 2.05) is 0 Å². The van der Waals surface area contributed by atoms with E-state index in [-0.39, 0.29) is 6.42 Å². The molecule has 0 aliphatic carbocycles. The first-order valence-electron chi connectivity index (χ1n) is 13.0. The minimum Gasteiger partial charge on any atom is -0.391 e. The van der Waals surface area contributed by atoms with Crippen LogP contribution in [0.25, 0.3) is 0 Å². The monoisotopic (exact) mass is 498 g/mol. The lowest BCUT2D eigenvalue weighted by Gasteiger charge is -2.25. The Labute approximate surface area is 204 Å². The summed E-state index contributed by atoms with van der Waals surface area (Å²) in [6.45, 7) is 1.58. The molecule has 0 saturated heterocycles. The number of ether oxygens (including phenoxy) is 1. The van der Waals surface area contributed by atoms with Crippen LogP contribution in [0.2, 0.25) is 0 Å². The fourth-order valence-corrected chi connectivity index (χ4v) is 4.02. The minimum atomic E-state index is -3.16. The third kappa shape index (κ3) is 18.5. The SMILES string of the molecule is CCCCCCCCC(F)(OCC(O)CCCCCCCCCCCCC=S)C(F)=C(F)F. The van der Waals surface area contributed by atoms with Gasteiger partial charge in [-0.25, -0.2) is 4.39 Å². The van der Waals surface area contributed by atoms with Gasteiger partial charge in [0.1, 0.15) is 0 Å². The van der Waals surface area contributed by atoms with Crippen LogP contribution in [0.1, 0.15) is 129 Å². The van der Waals surface area contributed by atoms with Crippen LogP contribution in [0, 0.1) is 0 Å². The number of hydrogen-bond donors (Lipinski definition) is 1. The molecule has 0 aromatic rings. The molecule has 2 nitrogen and oxygen atoms in total. The lowest BCUT2D eigenvalue weighted by Crippen LogP contribution is -2.32. The summed E-state index contributed by atoms with van der Waals surface area (Å²) < 4.78 is 58.8. The number of hydrogen-bond acceptors (Lipinski definition) is 3. The highest BCUT2D eigenvalue weighted by Crippen LogP contribution is 2.34. The molecule has 7 heteroatoms. The summed E-state index contributed by atoms with van der Waals surface area (Å²) in [6, 6.07) is 0. The van der Waals surface area contributed by atoms with Crippen LogP contribution in [0.3, 0.4) is 0 Å². The molecule has 0 fully saturated rings. The second-order valence-electron chi connectivity index (χ2n) is 9.06. The Balaban J connectivity index is 3.99. The van der Waals surface area contributed by atoms with E-state index in [1.165, 1.54) is 38.5 Å². The fraction of sp³-hybridized carbons (Fsp3) is 0.885. The zero-order valence-corrected chi connectivity index (χ0v) is 21.4. The first-order chi connectivity index (χ1) is 15.9. The zero-order chi connectivity index (χ0) is 24.8. The maximum absolute atomic E-state index is 14.8. The Morgan fingerprint density at radius 1 is 0.818 bits per heavy atom. The molecule has 0 aliphatic rings. The van der Waals surface area contributed by atoms with Crippen molar-refractivity contribution in [2.75, 3.05) is 6.61 Å². The number of rotatable bonds is 24. The van der Waals surface area contributed by atoms with Gasteiger partial charge in [-0.3, -0.25) is 0 Å². The highest BCUT2D eigenvalue weighted by molar-refractivity contribution is 7.78. The largest absolute Gasteiger partial charge is 0.391 e. The summed E-state index contributed by atoms with van der Waals surface area (Å²) >= 11 is 4.81. The van der Waals surface area contributed by atoms with Crippen molar-refractivity contribution in [1.82, 2.24) is 0 Å². The average Bonchev–Trinajstić information content (AvgIpc) is 2.80.